The molecule has 0 unspecified atom stereocenters. The molecule has 3 aromatic heterocycles. The van der Waals surface area contributed by atoms with Crippen molar-refractivity contribution in [2.45, 2.75) is 44.9 Å². The van der Waals surface area contributed by atoms with E-state index in [9.17, 15) is 22.8 Å². The third kappa shape index (κ3) is 11.2. The monoisotopic (exact) mass is 651 g/mol. The van der Waals surface area contributed by atoms with Crippen LogP contribution in [-0.2, 0) is 35.3 Å². The zero-order valence-electron chi connectivity index (χ0n) is 21.4. The lowest BCUT2D eigenvalue weighted by Gasteiger charge is -2.10. The minimum atomic E-state index is -4.81. The highest BCUT2D eigenvalue weighted by atomic mass is 79.9. The number of amides is 2. The number of unbranched alkanes of at least 4 members (excludes halogenated alkanes) is 1. The van der Waals surface area contributed by atoms with E-state index in [1.165, 1.54) is 23.5 Å². The molecule has 3 heterocycles. The Balaban J connectivity index is 0.00000462. The first-order chi connectivity index (χ1) is 19.2. The van der Waals surface area contributed by atoms with Crippen LogP contribution in [0.5, 0.6) is 5.75 Å². The number of nitrogens with zero attached hydrogens (tertiary/aromatic N) is 5. The van der Waals surface area contributed by atoms with Crippen LogP contribution < -0.4 is 15.4 Å². The summed E-state index contributed by atoms with van der Waals surface area (Å²) < 4.78 is 41.1. The van der Waals surface area contributed by atoms with Crippen molar-refractivity contribution in [1.82, 2.24) is 25.4 Å². The zero-order chi connectivity index (χ0) is 28.4. The Hall–Kier alpha value is -3.98. The highest BCUT2D eigenvalue weighted by Gasteiger charge is 2.31. The van der Waals surface area contributed by atoms with Crippen molar-refractivity contribution in [1.29, 1.82) is 0 Å². The molecule has 4 aromatic rings. The van der Waals surface area contributed by atoms with Gasteiger partial charge in [-0.25, -0.2) is 0 Å². The lowest BCUT2D eigenvalue weighted by molar-refractivity contribution is -0.274. The van der Waals surface area contributed by atoms with Crippen molar-refractivity contribution < 1.29 is 27.5 Å². The van der Waals surface area contributed by atoms with Gasteiger partial charge < -0.3 is 15.4 Å². The van der Waals surface area contributed by atoms with Gasteiger partial charge in [0.05, 0.1) is 18.5 Å². The van der Waals surface area contributed by atoms with Crippen molar-refractivity contribution in [2.24, 2.45) is 0 Å². The number of halogens is 4. The van der Waals surface area contributed by atoms with Crippen molar-refractivity contribution in [3.63, 3.8) is 0 Å². The normalized spacial score (nSPS) is 10.9. The van der Waals surface area contributed by atoms with Gasteiger partial charge in [0.15, 0.2) is 5.82 Å². The predicted octanol–water partition coefficient (Wildman–Crippen LogP) is 5.13. The molecule has 0 aliphatic carbocycles. The van der Waals surface area contributed by atoms with Gasteiger partial charge in [0.25, 0.3) is 0 Å². The maximum Gasteiger partial charge on any atom is 0.573 e. The maximum atomic E-state index is 12.4. The average Bonchev–Trinajstić information content (AvgIpc) is 3.34. The zero-order valence-corrected chi connectivity index (χ0v) is 24.0. The van der Waals surface area contributed by atoms with Gasteiger partial charge in [-0.05, 0) is 61.2 Å². The van der Waals surface area contributed by atoms with Crippen molar-refractivity contribution >= 4 is 51.1 Å². The van der Waals surface area contributed by atoms with Gasteiger partial charge in [0.1, 0.15) is 10.8 Å². The summed E-state index contributed by atoms with van der Waals surface area (Å²) in [6.45, 7) is 0. The minimum absolute atomic E-state index is 0. The predicted molar refractivity (Wildman–Crippen MR) is 151 cm³/mol. The number of carbonyl (C=O) groups is 2. The summed E-state index contributed by atoms with van der Waals surface area (Å²) in [6.07, 6.45) is -0.152. The van der Waals surface area contributed by atoms with E-state index in [4.69, 9.17) is 0 Å². The number of ether oxygens (including phenoxy) is 1. The number of carbonyl (C=O) groups excluding carboxylic acids is 2. The number of rotatable bonds is 12. The number of benzene rings is 1. The number of aryl methyl sites for hydroxylation is 2. The first-order valence-corrected chi connectivity index (χ1v) is 13.0. The molecule has 10 nitrogen and oxygen atoms in total. The van der Waals surface area contributed by atoms with Gasteiger partial charge in [-0.15, -0.1) is 45.4 Å². The summed E-state index contributed by atoms with van der Waals surface area (Å²) in [5, 5.41) is 22.8. The molecule has 15 heteroatoms. The molecule has 2 N–H and O–H groups in total. The van der Waals surface area contributed by atoms with Crippen LogP contribution in [0.15, 0.2) is 60.8 Å². The van der Waals surface area contributed by atoms with Crippen LogP contribution in [0.2, 0.25) is 0 Å². The second kappa shape index (κ2) is 15.1. The van der Waals surface area contributed by atoms with Crippen molar-refractivity contribution in [3.05, 3.63) is 82.8 Å². The lowest BCUT2D eigenvalue weighted by atomic mass is 10.1. The van der Waals surface area contributed by atoms with Crippen LogP contribution in [0.1, 0.15) is 34.8 Å². The van der Waals surface area contributed by atoms with Crippen LogP contribution >= 0.6 is 28.3 Å². The fraction of sp³-hybridized carbons (Fsp3) is 0.269. The summed E-state index contributed by atoms with van der Waals surface area (Å²) in [6, 6.07) is 14.0. The second-order valence-corrected chi connectivity index (χ2v) is 9.65. The van der Waals surface area contributed by atoms with E-state index < -0.39 is 18.0 Å². The number of pyridine rings is 1. The van der Waals surface area contributed by atoms with Crippen LogP contribution in [0.3, 0.4) is 0 Å². The molecular weight excluding hydrogens is 627 g/mol. The van der Waals surface area contributed by atoms with E-state index in [1.54, 1.807) is 30.5 Å². The highest BCUT2D eigenvalue weighted by Crippen LogP contribution is 2.23. The molecular formula is C26H25BrF3N7O3S. The van der Waals surface area contributed by atoms with Gasteiger partial charge in [0.2, 0.25) is 16.9 Å². The number of aromatic nitrogens is 5. The molecule has 2 amide bonds. The molecule has 41 heavy (non-hydrogen) atoms. The SMILES string of the molecule is Br.O=C(Cc1cccc(OC(F)(F)F)c1)Nc1ccc(CCCCc2nnc(NC(=O)Cc3ccccn3)s2)nn1. The van der Waals surface area contributed by atoms with Crippen LogP contribution in [-0.4, -0.2) is 43.6 Å². The molecule has 0 atom stereocenters. The van der Waals surface area contributed by atoms with Crippen molar-refractivity contribution in [2.75, 3.05) is 10.6 Å². The fourth-order valence-corrected chi connectivity index (χ4v) is 4.40. The molecule has 216 valence electrons. The van der Waals surface area contributed by atoms with Crippen LogP contribution in [0.4, 0.5) is 24.1 Å². The Labute approximate surface area is 247 Å². The van der Waals surface area contributed by atoms with Crippen LogP contribution in [0, 0.1) is 0 Å². The Kier molecular flexibility index (Phi) is 11.6. The minimum Gasteiger partial charge on any atom is -0.406 e. The number of hydrogen-bond donors (Lipinski definition) is 2. The van der Waals surface area contributed by atoms with Gasteiger partial charge in [0, 0.05) is 18.3 Å². The molecule has 0 spiro atoms. The van der Waals surface area contributed by atoms with E-state index >= 15 is 0 Å². The summed E-state index contributed by atoms with van der Waals surface area (Å²) >= 11 is 1.33. The molecule has 0 bridgehead atoms. The largest absolute Gasteiger partial charge is 0.573 e. The molecule has 0 fully saturated rings. The van der Waals surface area contributed by atoms with E-state index in [1.807, 2.05) is 6.07 Å². The topological polar surface area (TPSA) is 132 Å². The maximum absolute atomic E-state index is 12.4. The molecule has 4 rings (SSSR count). The fourth-order valence-electron chi connectivity index (χ4n) is 3.60. The first-order valence-electron chi connectivity index (χ1n) is 12.2. The number of alkyl halides is 3. The number of hydrogen-bond acceptors (Lipinski definition) is 9. The number of anilines is 2. The van der Waals surface area contributed by atoms with Gasteiger partial charge in [-0.3, -0.25) is 14.6 Å². The summed E-state index contributed by atoms with van der Waals surface area (Å²) in [4.78, 5) is 28.5. The van der Waals surface area contributed by atoms with Gasteiger partial charge >= 0.3 is 6.36 Å². The highest BCUT2D eigenvalue weighted by molar-refractivity contribution is 8.93. The standard InChI is InChI=1S/C26H24F3N7O3S.BrH/c27-26(28,29)39-20-9-5-6-17(14-20)15-22(37)31-21-12-11-18(33-34-21)7-1-2-10-24-35-36-25(40-24)32-23(38)16-19-8-3-4-13-30-19;/h3-6,8-9,11-14H,1-2,7,10,15-16H2,(H,31,34,37)(H,32,36,38);1H. The molecule has 1 aromatic carbocycles. The Morgan fingerprint density at radius 3 is 2.37 bits per heavy atom. The summed E-state index contributed by atoms with van der Waals surface area (Å²) in [5.41, 5.74) is 1.78. The Morgan fingerprint density at radius 1 is 0.829 bits per heavy atom. The van der Waals surface area contributed by atoms with E-state index in [-0.39, 0.29) is 41.5 Å². The molecule has 0 radical (unpaired) electrons. The lowest BCUT2D eigenvalue weighted by Crippen LogP contribution is -2.18. The number of nitrogens with one attached hydrogen (secondary N) is 2. The first kappa shape index (κ1) is 31.5. The second-order valence-electron chi connectivity index (χ2n) is 8.58. The average molecular weight is 652 g/mol. The van der Waals surface area contributed by atoms with Crippen LogP contribution in [0.25, 0.3) is 0 Å². The third-order valence-corrected chi connectivity index (χ3v) is 6.24. The molecule has 0 saturated heterocycles. The van der Waals surface area contributed by atoms with E-state index in [0.29, 0.717) is 29.2 Å². The molecule has 0 aliphatic heterocycles. The van der Waals surface area contributed by atoms with Gasteiger partial charge in [-0.2, -0.15) is 5.10 Å². The van der Waals surface area contributed by atoms with E-state index in [0.717, 1.165) is 35.7 Å². The Morgan fingerprint density at radius 2 is 1.63 bits per heavy atom. The van der Waals surface area contributed by atoms with Gasteiger partial charge in [-0.1, -0.05) is 29.5 Å². The molecule has 0 saturated carbocycles. The quantitative estimate of drug-likeness (QED) is 0.202. The summed E-state index contributed by atoms with van der Waals surface area (Å²) in [5.74, 6) is -0.806. The smallest absolute Gasteiger partial charge is 0.406 e. The Bertz CT molecular complexity index is 1420. The third-order valence-electron chi connectivity index (χ3n) is 5.34. The van der Waals surface area contributed by atoms with Crippen molar-refractivity contribution in [3.8, 4) is 5.75 Å². The molecule has 0 aliphatic rings. The summed E-state index contributed by atoms with van der Waals surface area (Å²) in [7, 11) is 0. The van der Waals surface area contributed by atoms with E-state index in [2.05, 4.69) is 40.7 Å².